The number of halogens is 1. The van der Waals surface area contributed by atoms with Gasteiger partial charge in [-0.05, 0) is 54.9 Å². The van der Waals surface area contributed by atoms with Crippen LogP contribution in [-0.2, 0) is 32.9 Å². The van der Waals surface area contributed by atoms with Crippen molar-refractivity contribution in [2.24, 2.45) is 5.92 Å². The van der Waals surface area contributed by atoms with E-state index in [0.29, 0.717) is 22.5 Å². The highest BCUT2D eigenvalue weighted by Crippen LogP contribution is 2.60. The molecule has 2 amide bonds. The van der Waals surface area contributed by atoms with Crippen molar-refractivity contribution in [2.75, 3.05) is 16.8 Å². The van der Waals surface area contributed by atoms with Crippen molar-refractivity contribution in [1.82, 2.24) is 4.98 Å². The number of aliphatic hydroxyl groups excluding tert-OH is 1. The van der Waals surface area contributed by atoms with Gasteiger partial charge in [0.25, 0.3) is 11.6 Å². The summed E-state index contributed by atoms with van der Waals surface area (Å²) in [6, 6.07) is 19.1. The molecule has 2 aliphatic rings. The van der Waals surface area contributed by atoms with Gasteiger partial charge in [0.05, 0.1) is 29.7 Å². The number of carbonyl (C=O) groups is 2. The van der Waals surface area contributed by atoms with Gasteiger partial charge in [-0.1, -0.05) is 37.3 Å². The zero-order valence-electron chi connectivity index (χ0n) is 25.2. The van der Waals surface area contributed by atoms with Gasteiger partial charge < -0.3 is 29.2 Å². The lowest BCUT2D eigenvalue weighted by atomic mass is 9.82. The monoisotopic (exact) mass is 630 g/mol. The number of para-hydroxylation sites is 1. The van der Waals surface area contributed by atoms with Gasteiger partial charge in [0, 0.05) is 58.5 Å². The number of aliphatic hydroxyl groups is 1. The number of nitrogens with zero attached hydrogens (tertiary/aromatic N) is 2. The minimum absolute atomic E-state index is 0.0966. The van der Waals surface area contributed by atoms with E-state index in [9.17, 15) is 24.8 Å². The zero-order chi connectivity index (χ0) is 32.1. The number of ether oxygens (including phenoxy) is 1. The van der Waals surface area contributed by atoms with E-state index >= 15 is 4.11 Å². The number of H-pyrrole nitrogens is 1. The fourth-order valence-corrected chi connectivity index (χ4v) is 9.83. The lowest BCUT2D eigenvalue weighted by Crippen LogP contribution is -2.45. The Balaban J connectivity index is 1.30. The van der Waals surface area contributed by atoms with Crippen LogP contribution in [0.15, 0.2) is 72.9 Å². The van der Waals surface area contributed by atoms with E-state index in [-0.39, 0.29) is 37.6 Å². The summed E-state index contributed by atoms with van der Waals surface area (Å²) in [5.41, 5.74) is 1.44. The van der Waals surface area contributed by atoms with Gasteiger partial charge in [-0.25, -0.2) is 0 Å². The normalized spacial score (nSPS) is 22.7. The average Bonchev–Trinajstić information content (AvgIpc) is 3.60. The van der Waals surface area contributed by atoms with Crippen molar-refractivity contribution in [3.05, 3.63) is 99.7 Å². The van der Waals surface area contributed by atoms with E-state index in [0.717, 1.165) is 16.5 Å². The van der Waals surface area contributed by atoms with Crippen LogP contribution >= 0.6 is 0 Å². The van der Waals surface area contributed by atoms with Crippen molar-refractivity contribution in [1.29, 1.82) is 0 Å². The molecule has 10 nitrogen and oxygen atoms in total. The predicted molar refractivity (Wildman–Crippen MR) is 171 cm³/mol. The van der Waals surface area contributed by atoms with Gasteiger partial charge in [-0.15, -0.1) is 0 Å². The first kappa shape index (κ1) is 30.6. The molecule has 0 unspecified atom stereocenters. The van der Waals surface area contributed by atoms with Crippen LogP contribution in [0.3, 0.4) is 0 Å². The summed E-state index contributed by atoms with van der Waals surface area (Å²) in [7, 11) is -3.41. The standard InChI is InChI=1S/C33H35FN4O6Si/c1-20-31(45(2,3)34)29(13-14-39)44-33(20)26-17-24(38(42)43)11-12-28(26)37(32(33)41)19-21-7-6-8-23(15-21)36-30(40)16-22-18-35-27-10-5-4-9-25(22)27/h4-12,15,17-18,20,29,31,35,39H,13-14,16,19H2,1-3H3,(H,36,40)/t20-,29+,31-,33+/m1/s1. The second kappa shape index (κ2) is 11.5. The topological polar surface area (TPSA) is 138 Å². The number of non-ortho nitro benzene ring substituents is 1. The summed E-state index contributed by atoms with van der Waals surface area (Å²) in [6.07, 6.45) is 1.43. The Morgan fingerprint density at radius 2 is 1.96 bits per heavy atom. The molecule has 45 heavy (non-hydrogen) atoms. The lowest BCUT2D eigenvalue weighted by molar-refractivity contribution is -0.385. The SMILES string of the molecule is C[C@@H]1[C@@H]([Si](C)(C)F)[C@H](CCO)O[C@@]12C(=O)N(Cc1cccc(NC(=O)Cc3c[nH]c4ccccc34)c1)c1ccc([N+](=O)[O-])cc12. The summed E-state index contributed by atoms with van der Waals surface area (Å²) in [5, 5.41) is 25.4. The summed E-state index contributed by atoms with van der Waals surface area (Å²) in [4.78, 5) is 43.4. The molecule has 1 fully saturated rings. The van der Waals surface area contributed by atoms with Crippen LogP contribution in [0.2, 0.25) is 18.6 Å². The summed E-state index contributed by atoms with van der Waals surface area (Å²) >= 11 is 0. The number of fused-ring (bicyclic) bond motifs is 3. The van der Waals surface area contributed by atoms with E-state index < -0.39 is 42.4 Å². The van der Waals surface area contributed by atoms with E-state index in [1.54, 1.807) is 38.2 Å². The summed E-state index contributed by atoms with van der Waals surface area (Å²) in [5.74, 6) is -1.25. The molecule has 0 bridgehead atoms. The molecule has 3 aromatic carbocycles. The molecule has 3 heterocycles. The number of hydrogen-bond acceptors (Lipinski definition) is 6. The number of hydrogen-bond donors (Lipinski definition) is 3. The number of benzene rings is 3. The molecule has 234 valence electrons. The van der Waals surface area contributed by atoms with Gasteiger partial charge in [-0.2, -0.15) is 0 Å². The quantitative estimate of drug-likeness (QED) is 0.0903. The number of rotatable bonds is 9. The summed E-state index contributed by atoms with van der Waals surface area (Å²) in [6.45, 7) is 4.74. The molecule has 2 aliphatic heterocycles. The highest BCUT2D eigenvalue weighted by Gasteiger charge is 2.66. The van der Waals surface area contributed by atoms with Crippen LogP contribution in [0.1, 0.15) is 30.0 Å². The Bertz CT molecular complexity index is 1810. The predicted octanol–water partition coefficient (Wildman–Crippen LogP) is 5.96. The largest absolute Gasteiger partial charge is 0.396 e. The van der Waals surface area contributed by atoms with Gasteiger partial charge in [0.15, 0.2) is 5.60 Å². The highest BCUT2D eigenvalue weighted by atomic mass is 28.4. The molecular weight excluding hydrogens is 595 g/mol. The van der Waals surface area contributed by atoms with Crippen LogP contribution in [0.4, 0.5) is 21.2 Å². The lowest BCUT2D eigenvalue weighted by Gasteiger charge is -2.31. The van der Waals surface area contributed by atoms with Crippen molar-refractivity contribution >= 4 is 48.2 Å². The fourth-order valence-electron chi connectivity index (χ4n) is 7.29. The van der Waals surface area contributed by atoms with Gasteiger partial charge in [0.2, 0.25) is 14.3 Å². The molecule has 0 saturated carbocycles. The number of nitro groups is 1. The number of nitro benzene ring substituents is 1. The molecule has 4 aromatic rings. The Morgan fingerprint density at radius 1 is 1.18 bits per heavy atom. The molecule has 0 aliphatic carbocycles. The average molecular weight is 631 g/mol. The van der Waals surface area contributed by atoms with E-state index in [1.807, 2.05) is 36.5 Å². The second-order valence-corrected chi connectivity index (χ2v) is 16.2. The van der Waals surface area contributed by atoms with Crippen LogP contribution in [0.25, 0.3) is 10.9 Å². The number of anilines is 2. The van der Waals surface area contributed by atoms with E-state index in [2.05, 4.69) is 10.3 Å². The maximum Gasteiger partial charge on any atom is 0.269 e. The maximum atomic E-state index is 15.8. The van der Waals surface area contributed by atoms with Crippen molar-refractivity contribution in [3.63, 3.8) is 0 Å². The first-order valence-corrected chi connectivity index (χ1v) is 17.9. The Labute approximate surface area is 260 Å². The van der Waals surface area contributed by atoms with E-state index in [4.69, 9.17) is 4.74 Å². The number of aromatic nitrogens is 1. The summed E-state index contributed by atoms with van der Waals surface area (Å²) < 4.78 is 22.2. The Hall–Kier alpha value is -4.39. The molecule has 0 radical (unpaired) electrons. The minimum Gasteiger partial charge on any atom is -0.396 e. The highest BCUT2D eigenvalue weighted by molar-refractivity contribution is 6.72. The second-order valence-electron chi connectivity index (χ2n) is 12.4. The third kappa shape index (κ3) is 5.32. The number of amides is 2. The van der Waals surface area contributed by atoms with Crippen molar-refractivity contribution in [3.8, 4) is 0 Å². The van der Waals surface area contributed by atoms with Crippen LogP contribution < -0.4 is 10.2 Å². The number of carbonyl (C=O) groups excluding carboxylic acids is 2. The van der Waals surface area contributed by atoms with E-state index in [1.165, 1.54) is 23.1 Å². The van der Waals surface area contributed by atoms with Crippen LogP contribution in [-0.4, -0.2) is 47.9 Å². The molecular formula is C33H35FN4O6Si. The van der Waals surface area contributed by atoms with Gasteiger partial charge in [-0.3, -0.25) is 19.7 Å². The molecule has 3 N–H and O–H groups in total. The van der Waals surface area contributed by atoms with Gasteiger partial charge in [0.1, 0.15) is 0 Å². The van der Waals surface area contributed by atoms with Crippen LogP contribution in [0.5, 0.6) is 0 Å². The molecule has 1 aromatic heterocycles. The Kier molecular flexibility index (Phi) is 7.84. The van der Waals surface area contributed by atoms with Crippen molar-refractivity contribution in [2.45, 2.75) is 56.7 Å². The Morgan fingerprint density at radius 3 is 2.69 bits per heavy atom. The minimum atomic E-state index is -3.41. The zero-order valence-corrected chi connectivity index (χ0v) is 26.2. The smallest absolute Gasteiger partial charge is 0.269 e. The molecule has 4 atom stereocenters. The van der Waals surface area contributed by atoms with Crippen molar-refractivity contribution < 1.29 is 28.5 Å². The number of aromatic amines is 1. The molecule has 12 heteroatoms. The molecule has 1 spiro atoms. The molecule has 6 rings (SSSR count). The third-order valence-electron chi connectivity index (χ3n) is 9.15. The molecule has 1 saturated heterocycles. The third-order valence-corrected chi connectivity index (χ3v) is 11.6. The first-order valence-electron chi connectivity index (χ1n) is 15.0. The van der Waals surface area contributed by atoms with Crippen LogP contribution in [0, 0.1) is 16.0 Å². The fraction of sp³-hybridized carbons (Fsp3) is 0.333. The number of nitrogens with one attached hydrogen (secondary N) is 2. The first-order chi connectivity index (χ1) is 21.4. The van der Waals surface area contributed by atoms with Gasteiger partial charge >= 0.3 is 0 Å². The maximum absolute atomic E-state index is 15.8.